The first-order valence-corrected chi connectivity index (χ1v) is 5.42. The van der Waals surface area contributed by atoms with Crippen LogP contribution in [0.2, 0.25) is 0 Å². The predicted molar refractivity (Wildman–Crippen MR) is 61.7 cm³/mol. The van der Waals surface area contributed by atoms with E-state index in [-0.39, 0.29) is 5.91 Å². The maximum atomic E-state index is 12.0. The SMILES string of the molecule is CC1CCN(C(=O)c2ccc(NN)nc2)C1. The van der Waals surface area contributed by atoms with E-state index in [1.54, 1.807) is 18.3 Å². The molecule has 1 atom stereocenters. The molecule has 1 fully saturated rings. The number of rotatable bonds is 2. The molecule has 5 heteroatoms. The highest BCUT2D eigenvalue weighted by Gasteiger charge is 2.24. The van der Waals surface area contributed by atoms with Crippen molar-refractivity contribution in [3.05, 3.63) is 23.9 Å². The van der Waals surface area contributed by atoms with Gasteiger partial charge < -0.3 is 10.3 Å². The number of hydrogen-bond acceptors (Lipinski definition) is 4. The van der Waals surface area contributed by atoms with Crippen LogP contribution in [0.15, 0.2) is 18.3 Å². The molecule has 0 aromatic carbocycles. The number of carbonyl (C=O) groups is 1. The van der Waals surface area contributed by atoms with E-state index in [1.165, 1.54) is 0 Å². The summed E-state index contributed by atoms with van der Waals surface area (Å²) in [6, 6.07) is 3.44. The van der Waals surface area contributed by atoms with Crippen LogP contribution in [0.5, 0.6) is 0 Å². The number of pyridine rings is 1. The number of hydrazine groups is 1. The monoisotopic (exact) mass is 220 g/mol. The van der Waals surface area contributed by atoms with E-state index in [1.807, 2.05) is 4.90 Å². The Morgan fingerprint density at radius 2 is 2.44 bits per heavy atom. The Hall–Kier alpha value is -1.62. The maximum Gasteiger partial charge on any atom is 0.255 e. The molecule has 1 aliphatic rings. The van der Waals surface area contributed by atoms with E-state index < -0.39 is 0 Å². The van der Waals surface area contributed by atoms with Crippen LogP contribution in [-0.2, 0) is 0 Å². The second-order valence-electron chi connectivity index (χ2n) is 4.22. The maximum absolute atomic E-state index is 12.0. The Morgan fingerprint density at radius 1 is 1.62 bits per heavy atom. The highest BCUT2D eigenvalue weighted by Crippen LogP contribution is 2.17. The van der Waals surface area contributed by atoms with Crippen molar-refractivity contribution in [3.8, 4) is 0 Å². The topological polar surface area (TPSA) is 71.2 Å². The molecule has 5 nitrogen and oxygen atoms in total. The van der Waals surface area contributed by atoms with Gasteiger partial charge in [0.25, 0.3) is 5.91 Å². The largest absolute Gasteiger partial charge is 0.338 e. The molecule has 0 spiro atoms. The Kier molecular flexibility index (Phi) is 3.05. The highest BCUT2D eigenvalue weighted by atomic mass is 16.2. The van der Waals surface area contributed by atoms with E-state index >= 15 is 0 Å². The quantitative estimate of drug-likeness (QED) is 0.572. The Morgan fingerprint density at radius 3 is 2.94 bits per heavy atom. The van der Waals surface area contributed by atoms with E-state index in [2.05, 4.69) is 17.3 Å². The number of aromatic nitrogens is 1. The number of hydrogen-bond donors (Lipinski definition) is 2. The van der Waals surface area contributed by atoms with Gasteiger partial charge in [-0.1, -0.05) is 6.92 Å². The van der Waals surface area contributed by atoms with Crippen molar-refractivity contribution < 1.29 is 4.79 Å². The van der Waals surface area contributed by atoms with Crippen molar-refractivity contribution in [1.29, 1.82) is 0 Å². The second kappa shape index (κ2) is 4.49. The zero-order valence-corrected chi connectivity index (χ0v) is 9.31. The molecule has 2 heterocycles. The number of nitrogen functional groups attached to an aromatic ring is 1. The van der Waals surface area contributed by atoms with Crippen molar-refractivity contribution in [2.24, 2.45) is 11.8 Å². The van der Waals surface area contributed by atoms with Gasteiger partial charge in [-0.15, -0.1) is 0 Å². The molecule has 0 saturated carbocycles. The second-order valence-corrected chi connectivity index (χ2v) is 4.22. The van der Waals surface area contributed by atoms with Gasteiger partial charge in [-0.25, -0.2) is 10.8 Å². The van der Waals surface area contributed by atoms with Crippen molar-refractivity contribution in [2.75, 3.05) is 18.5 Å². The van der Waals surface area contributed by atoms with Gasteiger partial charge in [0.15, 0.2) is 0 Å². The molecule has 1 aromatic heterocycles. The molecule has 3 N–H and O–H groups in total. The van der Waals surface area contributed by atoms with Gasteiger partial charge in [-0.05, 0) is 24.5 Å². The van der Waals surface area contributed by atoms with Crippen LogP contribution in [0.3, 0.4) is 0 Å². The minimum absolute atomic E-state index is 0.0559. The summed E-state index contributed by atoms with van der Waals surface area (Å²) in [7, 11) is 0. The van der Waals surface area contributed by atoms with Crippen LogP contribution < -0.4 is 11.3 Å². The van der Waals surface area contributed by atoms with Crippen LogP contribution in [0.1, 0.15) is 23.7 Å². The van der Waals surface area contributed by atoms with Crippen molar-refractivity contribution in [3.63, 3.8) is 0 Å². The lowest BCUT2D eigenvalue weighted by molar-refractivity contribution is 0.0787. The van der Waals surface area contributed by atoms with E-state index in [0.717, 1.165) is 19.5 Å². The smallest absolute Gasteiger partial charge is 0.255 e. The van der Waals surface area contributed by atoms with Gasteiger partial charge in [0, 0.05) is 19.3 Å². The summed E-state index contributed by atoms with van der Waals surface area (Å²) in [4.78, 5) is 17.9. The van der Waals surface area contributed by atoms with Gasteiger partial charge in [0.05, 0.1) is 5.56 Å². The molecule has 86 valence electrons. The molecule has 0 radical (unpaired) electrons. The third-order valence-corrected chi connectivity index (χ3v) is 2.87. The minimum Gasteiger partial charge on any atom is -0.338 e. The van der Waals surface area contributed by atoms with Crippen LogP contribution >= 0.6 is 0 Å². The summed E-state index contributed by atoms with van der Waals surface area (Å²) >= 11 is 0. The molecule has 16 heavy (non-hydrogen) atoms. The van der Waals surface area contributed by atoms with Crippen molar-refractivity contribution >= 4 is 11.7 Å². The number of nitrogens with one attached hydrogen (secondary N) is 1. The van der Waals surface area contributed by atoms with Gasteiger partial charge in [-0.3, -0.25) is 4.79 Å². The van der Waals surface area contributed by atoms with Gasteiger partial charge in [0.2, 0.25) is 0 Å². The lowest BCUT2D eigenvalue weighted by Crippen LogP contribution is -2.28. The zero-order chi connectivity index (χ0) is 11.5. The highest BCUT2D eigenvalue weighted by molar-refractivity contribution is 5.94. The fourth-order valence-electron chi connectivity index (χ4n) is 1.91. The van der Waals surface area contributed by atoms with E-state index in [9.17, 15) is 4.79 Å². The van der Waals surface area contributed by atoms with Gasteiger partial charge in [0.1, 0.15) is 5.82 Å². The number of anilines is 1. The Bertz CT molecular complexity index is 376. The zero-order valence-electron chi connectivity index (χ0n) is 9.31. The van der Waals surface area contributed by atoms with Crippen LogP contribution in [0.25, 0.3) is 0 Å². The van der Waals surface area contributed by atoms with Crippen LogP contribution in [0, 0.1) is 5.92 Å². The molecular formula is C11H16N4O. The third kappa shape index (κ3) is 2.14. The molecule has 1 saturated heterocycles. The lowest BCUT2D eigenvalue weighted by Gasteiger charge is -2.15. The van der Waals surface area contributed by atoms with Crippen molar-refractivity contribution in [1.82, 2.24) is 9.88 Å². The molecule has 1 aromatic rings. The molecular weight excluding hydrogens is 204 g/mol. The Balaban J connectivity index is 2.08. The molecule has 1 aliphatic heterocycles. The first-order valence-electron chi connectivity index (χ1n) is 5.42. The molecule has 0 aliphatic carbocycles. The standard InChI is InChI=1S/C11H16N4O/c1-8-4-5-15(7-8)11(16)9-2-3-10(14-12)13-6-9/h2-3,6,8H,4-5,7,12H2,1H3,(H,13,14). The average molecular weight is 220 g/mol. The molecule has 1 amide bonds. The van der Waals surface area contributed by atoms with E-state index in [0.29, 0.717) is 17.3 Å². The summed E-state index contributed by atoms with van der Waals surface area (Å²) in [6.07, 6.45) is 2.64. The Labute approximate surface area is 94.6 Å². The van der Waals surface area contributed by atoms with Crippen LogP contribution in [0.4, 0.5) is 5.82 Å². The number of nitrogens with two attached hydrogens (primary N) is 1. The number of amides is 1. The van der Waals surface area contributed by atoms with E-state index in [4.69, 9.17) is 5.84 Å². The number of carbonyl (C=O) groups excluding carboxylic acids is 1. The summed E-state index contributed by atoms with van der Waals surface area (Å²) < 4.78 is 0. The number of nitrogens with zero attached hydrogens (tertiary/aromatic N) is 2. The fraction of sp³-hybridized carbons (Fsp3) is 0.455. The summed E-state index contributed by atoms with van der Waals surface area (Å²) in [5, 5.41) is 0. The average Bonchev–Trinajstić information content (AvgIpc) is 2.75. The number of likely N-dealkylation sites (tertiary alicyclic amines) is 1. The summed E-state index contributed by atoms with van der Waals surface area (Å²) in [5.74, 6) is 6.42. The summed E-state index contributed by atoms with van der Waals surface area (Å²) in [5.41, 5.74) is 3.05. The molecule has 1 unspecified atom stereocenters. The first kappa shape index (κ1) is 10.9. The molecule has 2 rings (SSSR count). The van der Waals surface area contributed by atoms with Gasteiger partial charge >= 0.3 is 0 Å². The third-order valence-electron chi connectivity index (χ3n) is 2.87. The lowest BCUT2D eigenvalue weighted by atomic mass is 10.2. The predicted octanol–water partition coefficient (Wildman–Crippen LogP) is 0.849. The minimum atomic E-state index is 0.0559. The normalized spacial score (nSPS) is 19.9. The van der Waals surface area contributed by atoms with Crippen LogP contribution in [-0.4, -0.2) is 28.9 Å². The van der Waals surface area contributed by atoms with Crippen molar-refractivity contribution in [2.45, 2.75) is 13.3 Å². The molecule has 0 bridgehead atoms. The van der Waals surface area contributed by atoms with Gasteiger partial charge in [-0.2, -0.15) is 0 Å². The first-order chi connectivity index (χ1) is 7.70. The fourth-order valence-corrected chi connectivity index (χ4v) is 1.91. The summed E-state index contributed by atoms with van der Waals surface area (Å²) in [6.45, 7) is 3.85.